The molecule has 0 bridgehead atoms. The molecule has 2 rings (SSSR count). The van der Waals surface area contributed by atoms with Gasteiger partial charge in [-0.05, 0) is 24.5 Å². The van der Waals surface area contributed by atoms with Gasteiger partial charge < -0.3 is 11.1 Å². The number of hydrogen-bond acceptors (Lipinski definition) is 2. The summed E-state index contributed by atoms with van der Waals surface area (Å²) in [4.78, 5) is 11.4. The normalized spacial score (nSPS) is 15.7. The van der Waals surface area contributed by atoms with Crippen molar-refractivity contribution in [2.45, 2.75) is 24.7 Å². The predicted molar refractivity (Wildman–Crippen MR) is 79.0 cm³/mol. The maximum atomic E-state index is 11.4. The molecule has 1 aliphatic rings. The lowest BCUT2D eigenvalue weighted by Gasteiger charge is -2.18. The van der Waals surface area contributed by atoms with Crippen LogP contribution in [0.25, 0.3) is 0 Å². The molecule has 1 amide bonds. The Morgan fingerprint density at radius 1 is 1.39 bits per heavy atom. The van der Waals surface area contributed by atoms with E-state index in [1.165, 1.54) is 5.56 Å². The zero-order valence-electron chi connectivity index (χ0n) is 10.1. The van der Waals surface area contributed by atoms with Gasteiger partial charge in [0.25, 0.3) is 0 Å². The van der Waals surface area contributed by atoms with Crippen molar-refractivity contribution < 1.29 is 4.79 Å². The summed E-state index contributed by atoms with van der Waals surface area (Å²) in [5.41, 5.74) is 6.79. The zero-order chi connectivity index (χ0) is 12.3. The zero-order valence-corrected chi connectivity index (χ0v) is 12.5. The highest BCUT2D eigenvalue weighted by Gasteiger charge is 2.45. The maximum Gasteiger partial charge on any atom is 0.221 e. The van der Waals surface area contributed by atoms with E-state index < -0.39 is 0 Å². The van der Waals surface area contributed by atoms with Crippen LogP contribution >= 0.6 is 28.3 Å². The number of carbonyl (C=O) groups is 1. The van der Waals surface area contributed by atoms with E-state index in [1.54, 1.807) is 0 Å². The molecule has 0 unspecified atom stereocenters. The van der Waals surface area contributed by atoms with Crippen LogP contribution < -0.4 is 11.1 Å². The number of nitrogens with two attached hydrogens (primary N) is 1. The molecule has 1 fully saturated rings. The standard InChI is InChI=1S/C13H17BrN2O.ClH/c14-11-4-2-1-3-10(11)13(6-7-13)9-16-12(17)5-8-15;/h1-4H,5-9,15H2,(H,16,17);1H. The topological polar surface area (TPSA) is 55.1 Å². The Kier molecular flexibility index (Phi) is 5.63. The molecule has 1 aromatic carbocycles. The fourth-order valence-electron chi connectivity index (χ4n) is 2.07. The Balaban J connectivity index is 0.00000162. The number of hydrogen-bond donors (Lipinski definition) is 2. The van der Waals surface area contributed by atoms with Gasteiger partial charge in [0.05, 0.1) is 0 Å². The number of nitrogens with one attached hydrogen (secondary N) is 1. The van der Waals surface area contributed by atoms with Crippen LogP contribution in [0.15, 0.2) is 28.7 Å². The quantitative estimate of drug-likeness (QED) is 0.869. The SMILES string of the molecule is Cl.NCCC(=O)NCC1(c2ccccc2Br)CC1. The summed E-state index contributed by atoms with van der Waals surface area (Å²) in [6, 6.07) is 8.24. The van der Waals surface area contributed by atoms with Gasteiger partial charge in [-0.15, -0.1) is 12.4 Å². The Morgan fingerprint density at radius 2 is 2.06 bits per heavy atom. The van der Waals surface area contributed by atoms with Crippen molar-refractivity contribution in [1.29, 1.82) is 0 Å². The molecule has 3 nitrogen and oxygen atoms in total. The Hall–Kier alpha value is -0.580. The first-order valence-electron chi connectivity index (χ1n) is 5.90. The van der Waals surface area contributed by atoms with Crippen molar-refractivity contribution in [2.75, 3.05) is 13.1 Å². The van der Waals surface area contributed by atoms with Gasteiger partial charge in [0, 0.05) is 29.4 Å². The number of benzene rings is 1. The van der Waals surface area contributed by atoms with E-state index in [4.69, 9.17) is 5.73 Å². The molecule has 100 valence electrons. The summed E-state index contributed by atoms with van der Waals surface area (Å²) in [6.07, 6.45) is 2.68. The second-order valence-corrected chi connectivity index (χ2v) is 5.43. The van der Waals surface area contributed by atoms with E-state index in [0.717, 1.165) is 17.3 Å². The Morgan fingerprint density at radius 3 is 2.61 bits per heavy atom. The predicted octanol–water partition coefficient (Wildman–Crippen LogP) is 2.37. The van der Waals surface area contributed by atoms with Crippen molar-refractivity contribution in [3.05, 3.63) is 34.3 Å². The second-order valence-electron chi connectivity index (χ2n) is 4.58. The first kappa shape index (κ1) is 15.5. The van der Waals surface area contributed by atoms with Gasteiger partial charge in [-0.2, -0.15) is 0 Å². The van der Waals surface area contributed by atoms with Crippen molar-refractivity contribution in [2.24, 2.45) is 5.73 Å². The van der Waals surface area contributed by atoms with Crippen LogP contribution in [-0.2, 0) is 10.2 Å². The minimum Gasteiger partial charge on any atom is -0.355 e. The Bertz CT molecular complexity index is 421. The fraction of sp³-hybridized carbons (Fsp3) is 0.462. The molecule has 3 N–H and O–H groups in total. The third-order valence-corrected chi connectivity index (χ3v) is 3.99. The van der Waals surface area contributed by atoms with Crippen molar-refractivity contribution in [3.63, 3.8) is 0 Å². The summed E-state index contributed by atoms with van der Waals surface area (Å²) in [5, 5.41) is 2.97. The number of halogens is 2. The highest BCUT2D eigenvalue weighted by molar-refractivity contribution is 9.10. The third-order valence-electron chi connectivity index (χ3n) is 3.29. The van der Waals surface area contributed by atoms with E-state index in [-0.39, 0.29) is 23.7 Å². The number of rotatable bonds is 5. The van der Waals surface area contributed by atoms with Crippen molar-refractivity contribution in [1.82, 2.24) is 5.32 Å². The summed E-state index contributed by atoms with van der Waals surface area (Å²) < 4.78 is 1.13. The van der Waals surface area contributed by atoms with Gasteiger partial charge >= 0.3 is 0 Å². The highest BCUT2D eigenvalue weighted by Crippen LogP contribution is 2.49. The van der Waals surface area contributed by atoms with Gasteiger partial charge in [-0.25, -0.2) is 0 Å². The first-order chi connectivity index (χ1) is 8.18. The van der Waals surface area contributed by atoms with Crippen molar-refractivity contribution in [3.8, 4) is 0 Å². The molecular formula is C13H18BrClN2O. The van der Waals surface area contributed by atoms with Crippen LogP contribution in [0.1, 0.15) is 24.8 Å². The third kappa shape index (κ3) is 3.46. The average molecular weight is 334 g/mol. The summed E-state index contributed by atoms with van der Waals surface area (Å²) in [6.45, 7) is 1.13. The van der Waals surface area contributed by atoms with E-state index in [2.05, 4.69) is 33.4 Å². The molecule has 1 aliphatic carbocycles. The molecule has 0 aliphatic heterocycles. The van der Waals surface area contributed by atoms with Crippen LogP contribution in [-0.4, -0.2) is 19.0 Å². The summed E-state index contributed by atoms with van der Waals surface area (Å²) in [7, 11) is 0. The minimum atomic E-state index is 0. The van der Waals surface area contributed by atoms with Crippen LogP contribution in [0, 0.1) is 0 Å². The van der Waals surface area contributed by atoms with Gasteiger partial charge in [-0.1, -0.05) is 34.1 Å². The van der Waals surface area contributed by atoms with Gasteiger partial charge in [0.2, 0.25) is 5.91 Å². The second kappa shape index (κ2) is 6.55. The van der Waals surface area contributed by atoms with E-state index >= 15 is 0 Å². The first-order valence-corrected chi connectivity index (χ1v) is 6.69. The summed E-state index contributed by atoms with van der Waals surface area (Å²) in [5.74, 6) is 0.0471. The fourth-order valence-corrected chi connectivity index (χ4v) is 2.78. The average Bonchev–Trinajstić information content (AvgIpc) is 3.09. The maximum absolute atomic E-state index is 11.4. The molecular weight excluding hydrogens is 316 g/mol. The summed E-state index contributed by atoms with van der Waals surface area (Å²) >= 11 is 3.58. The lowest BCUT2D eigenvalue weighted by Crippen LogP contribution is -2.33. The van der Waals surface area contributed by atoms with Gasteiger partial charge in [0.1, 0.15) is 0 Å². The van der Waals surface area contributed by atoms with Gasteiger partial charge in [0.15, 0.2) is 0 Å². The molecule has 0 spiro atoms. The Labute approximate surface area is 122 Å². The number of carbonyl (C=O) groups excluding carboxylic acids is 1. The molecule has 1 aromatic rings. The smallest absolute Gasteiger partial charge is 0.221 e. The highest BCUT2D eigenvalue weighted by atomic mass is 79.9. The largest absolute Gasteiger partial charge is 0.355 e. The van der Waals surface area contributed by atoms with Crippen LogP contribution in [0.2, 0.25) is 0 Å². The molecule has 1 saturated carbocycles. The van der Waals surface area contributed by atoms with E-state index in [1.807, 2.05) is 12.1 Å². The molecule has 0 radical (unpaired) electrons. The molecule has 0 saturated heterocycles. The van der Waals surface area contributed by atoms with Crippen LogP contribution in [0.4, 0.5) is 0 Å². The molecule has 0 aromatic heterocycles. The van der Waals surface area contributed by atoms with Crippen LogP contribution in [0.3, 0.4) is 0 Å². The number of amides is 1. The monoisotopic (exact) mass is 332 g/mol. The molecule has 18 heavy (non-hydrogen) atoms. The molecule has 0 heterocycles. The minimum absolute atomic E-state index is 0. The van der Waals surface area contributed by atoms with Crippen LogP contribution in [0.5, 0.6) is 0 Å². The lowest BCUT2D eigenvalue weighted by atomic mass is 9.96. The van der Waals surface area contributed by atoms with E-state index in [0.29, 0.717) is 19.5 Å². The molecule has 5 heteroatoms. The van der Waals surface area contributed by atoms with Gasteiger partial charge in [-0.3, -0.25) is 4.79 Å². The van der Waals surface area contributed by atoms with E-state index in [9.17, 15) is 4.79 Å². The van der Waals surface area contributed by atoms with Crippen molar-refractivity contribution >= 4 is 34.2 Å². The lowest BCUT2D eigenvalue weighted by molar-refractivity contribution is -0.121. The molecule has 0 atom stereocenters.